The van der Waals surface area contributed by atoms with Crippen LogP contribution in [-0.2, 0) is 20.1 Å². The van der Waals surface area contributed by atoms with Crippen molar-refractivity contribution >= 4 is 21.7 Å². The molecule has 1 radical (unpaired) electrons. The third-order valence-corrected chi connectivity index (χ3v) is 5.64. The van der Waals surface area contributed by atoms with Crippen LogP contribution in [-0.4, -0.2) is 15.0 Å². The molecule has 0 saturated carbocycles. The van der Waals surface area contributed by atoms with Gasteiger partial charge in [-0.2, -0.15) is 0 Å². The molecule has 3 nitrogen and oxygen atoms in total. The third kappa shape index (κ3) is 3.95. The molecule has 0 spiro atoms. The molecule has 0 atom stereocenters. The first-order chi connectivity index (χ1) is 15.9. The summed E-state index contributed by atoms with van der Waals surface area (Å²) in [4.78, 5) is 14.5. The van der Waals surface area contributed by atoms with Gasteiger partial charge in [0.1, 0.15) is 5.82 Å². The van der Waals surface area contributed by atoms with Crippen LogP contribution in [0.3, 0.4) is 0 Å². The number of pyridine rings is 1. The van der Waals surface area contributed by atoms with Gasteiger partial charge in [0.05, 0.1) is 11.2 Å². The van der Waals surface area contributed by atoms with E-state index >= 15 is 0 Å². The average Bonchev–Trinajstić information content (AvgIpc) is 2.88. The van der Waals surface area contributed by atoms with Gasteiger partial charge in [0.15, 0.2) is 0 Å². The Hall–Kier alpha value is -3.72. The smallest absolute Gasteiger partial charge is 0.142 e. The van der Waals surface area contributed by atoms with E-state index < -0.39 is 0 Å². The van der Waals surface area contributed by atoms with Gasteiger partial charge >= 0.3 is 0 Å². The summed E-state index contributed by atoms with van der Waals surface area (Å²) in [6.45, 7) is 0. The minimum Gasteiger partial charge on any atom is -0.304 e. The van der Waals surface area contributed by atoms with E-state index in [2.05, 4.69) is 47.4 Å². The number of nitrogens with zero attached hydrogens (tertiary/aromatic N) is 3. The monoisotopic (exact) mass is 601 g/mol. The van der Waals surface area contributed by atoms with E-state index in [0.717, 1.165) is 49.8 Å². The number of benzene rings is 4. The maximum absolute atomic E-state index is 4.99. The fourth-order valence-electron chi connectivity index (χ4n) is 4.10. The van der Waals surface area contributed by atoms with Crippen molar-refractivity contribution in [1.82, 2.24) is 15.0 Å². The number of fused-ring (bicyclic) bond motifs is 2. The van der Waals surface area contributed by atoms with Crippen molar-refractivity contribution in [3.8, 4) is 33.9 Å². The SMILES string of the molecule is [Ir].[c-]1ccc(-c2nc(-c3ccccc3)c3ccccc3n2)cc1-c1nccc2ccccc12. The first kappa shape index (κ1) is 21.1. The quantitative estimate of drug-likeness (QED) is 0.206. The van der Waals surface area contributed by atoms with Crippen LogP contribution in [0.25, 0.3) is 55.6 Å². The molecule has 0 amide bonds. The second kappa shape index (κ2) is 9.03. The Balaban J connectivity index is 0.00000228. The van der Waals surface area contributed by atoms with Crippen LogP contribution < -0.4 is 0 Å². The Morgan fingerprint density at radius 2 is 1.36 bits per heavy atom. The molecule has 4 aromatic carbocycles. The molecule has 0 bridgehead atoms. The average molecular weight is 601 g/mol. The zero-order valence-corrected chi connectivity index (χ0v) is 20.0. The van der Waals surface area contributed by atoms with Gasteiger partial charge in [-0.25, -0.2) is 9.97 Å². The van der Waals surface area contributed by atoms with Crippen LogP contribution >= 0.6 is 0 Å². The molecule has 4 heteroatoms. The molecule has 0 N–H and O–H groups in total. The van der Waals surface area contributed by atoms with Gasteiger partial charge in [0.2, 0.25) is 0 Å². The number of para-hydroxylation sites is 1. The summed E-state index contributed by atoms with van der Waals surface area (Å²) in [7, 11) is 0. The number of rotatable bonds is 3. The van der Waals surface area contributed by atoms with E-state index in [1.165, 1.54) is 0 Å². The second-order valence-electron chi connectivity index (χ2n) is 7.65. The Bertz CT molecular complexity index is 1570. The van der Waals surface area contributed by atoms with E-state index in [9.17, 15) is 0 Å². The summed E-state index contributed by atoms with van der Waals surface area (Å²) in [5, 5.41) is 3.30. The molecular weight excluding hydrogens is 583 g/mol. The predicted octanol–water partition coefficient (Wildman–Crippen LogP) is 6.98. The summed E-state index contributed by atoms with van der Waals surface area (Å²) in [5.74, 6) is 0.693. The molecule has 6 rings (SSSR count). The maximum atomic E-state index is 4.99. The van der Waals surface area contributed by atoms with E-state index in [1.54, 1.807) is 0 Å². The minimum atomic E-state index is 0. The van der Waals surface area contributed by atoms with Gasteiger partial charge in [0.25, 0.3) is 0 Å². The van der Waals surface area contributed by atoms with Crippen molar-refractivity contribution in [2.24, 2.45) is 0 Å². The fourth-order valence-corrected chi connectivity index (χ4v) is 4.10. The van der Waals surface area contributed by atoms with Crippen molar-refractivity contribution in [3.05, 3.63) is 115 Å². The minimum absolute atomic E-state index is 0. The molecule has 2 aromatic heterocycles. The van der Waals surface area contributed by atoms with Gasteiger partial charge in [-0.15, -0.1) is 29.8 Å². The van der Waals surface area contributed by atoms with Crippen molar-refractivity contribution in [2.45, 2.75) is 0 Å². The normalized spacial score (nSPS) is 10.8. The number of hydrogen-bond donors (Lipinski definition) is 0. The van der Waals surface area contributed by atoms with Crippen LogP contribution in [0, 0.1) is 6.07 Å². The fraction of sp³-hybridized carbons (Fsp3) is 0. The van der Waals surface area contributed by atoms with Gasteiger partial charge in [-0.3, -0.25) is 0 Å². The van der Waals surface area contributed by atoms with Crippen LogP contribution in [0.15, 0.2) is 109 Å². The molecular formula is C29H18IrN3-. The molecule has 0 fully saturated rings. The van der Waals surface area contributed by atoms with Crippen molar-refractivity contribution < 1.29 is 20.1 Å². The number of aromatic nitrogens is 3. The zero-order valence-electron chi connectivity index (χ0n) is 17.6. The Morgan fingerprint density at radius 3 is 2.24 bits per heavy atom. The molecule has 0 aliphatic rings. The molecule has 2 heterocycles. The van der Waals surface area contributed by atoms with Crippen LogP contribution in [0.5, 0.6) is 0 Å². The first-order valence-electron chi connectivity index (χ1n) is 10.6. The third-order valence-electron chi connectivity index (χ3n) is 5.64. The van der Waals surface area contributed by atoms with Crippen molar-refractivity contribution in [2.75, 3.05) is 0 Å². The standard InChI is InChI=1S/C29H18N3.Ir/c1-2-10-21(11-3-1)28-25-15-6-7-16-26(25)31-29(32-28)23-13-8-12-22(19-23)27-24-14-5-4-9-20(24)17-18-30-27;/h1-11,13-19H;/q-1;. The predicted molar refractivity (Wildman–Crippen MR) is 130 cm³/mol. The Labute approximate surface area is 205 Å². The zero-order chi connectivity index (χ0) is 21.3. The summed E-state index contributed by atoms with van der Waals surface area (Å²) in [6, 6.07) is 38.1. The molecule has 0 saturated heterocycles. The number of hydrogen-bond acceptors (Lipinski definition) is 3. The van der Waals surface area contributed by atoms with Crippen LogP contribution in [0.1, 0.15) is 0 Å². The first-order valence-corrected chi connectivity index (χ1v) is 10.6. The maximum Gasteiger partial charge on any atom is 0.142 e. The van der Waals surface area contributed by atoms with Crippen molar-refractivity contribution in [3.63, 3.8) is 0 Å². The molecule has 0 unspecified atom stereocenters. The van der Waals surface area contributed by atoms with Crippen molar-refractivity contribution in [1.29, 1.82) is 0 Å². The van der Waals surface area contributed by atoms with E-state index in [0.29, 0.717) is 5.82 Å². The molecule has 0 aliphatic carbocycles. The van der Waals surface area contributed by atoms with E-state index in [4.69, 9.17) is 9.97 Å². The van der Waals surface area contributed by atoms with Gasteiger partial charge in [-0.05, 0) is 28.6 Å². The summed E-state index contributed by atoms with van der Waals surface area (Å²) in [5.41, 5.74) is 5.71. The molecule has 0 aliphatic heterocycles. The molecule has 6 aromatic rings. The van der Waals surface area contributed by atoms with E-state index in [1.807, 2.05) is 72.9 Å². The Kier molecular flexibility index (Phi) is 5.78. The topological polar surface area (TPSA) is 38.7 Å². The molecule has 33 heavy (non-hydrogen) atoms. The van der Waals surface area contributed by atoms with Gasteiger partial charge < -0.3 is 4.98 Å². The second-order valence-corrected chi connectivity index (χ2v) is 7.65. The van der Waals surface area contributed by atoms with E-state index in [-0.39, 0.29) is 20.1 Å². The molecule has 159 valence electrons. The summed E-state index contributed by atoms with van der Waals surface area (Å²) in [6.07, 6.45) is 1.85. The van der Waals surface area contributed by atoms with Gasteiger partial charge in [0, 0.05) is 37.3 Å². The Morgan fingerprint density at radius 1 is 0.606 bits per heavy atom. The van der Waals surface area contributed by atoms with Crippen LogP contribution in [0.2, 0.25) is 0 Å². The largest absolute Gasteiger partial charge is 0.304 e. The van der Waals surface area contributed by atoms with Gasteiger partial charge in [-0.1, -0.05) is 78.4 Å². The van der Waals surface area contributed by atoms with Crippen LogP contribution in [0.4, 0.5) is 0 Å². The summed E-state index contributed by atoms with van der Waals surface area (Å²) < 4.78 is 0. The summed E-state index contributed by atoms with van der Waals surface area (Å²) >= 11 is 0.